The van der Waals surface area contributed by atoms with Crippen molar-refractivity contribution in [2.24, 2.45) is 0 Å². The minimum absolute atomic E-state index is 0.0435. The van der Waals surface area contributed by atoms with E-state index in [0.717, 1.165) is 0 Å². The molecule has 2 unspecified atom stereocenters. The number of hydrogen-bond donors (Lipinski definition) is 3. The molecule has 0 fully saturated rings. The van der Waals surface area contributed by atoms with Gasteiger partial charge in [-0.15, -0.1) is 0 Å². The van der Waals surface area contributed by atoms with E-state index in [9.17, 15) is 9.90 Å². The van der Waals surface area contributed by atoms with Gasteiger partial charge in [-0.2, -0.15) is 0 Å². The molecule has 0 aliphatic carbocycles. The molecule has 1 amide bonds. The lowest BCUT2D eigenvalue weighted by molar-refractivity contribution is -0.120. The number of nitrogens with one attached hydrogen (secondary N) is 2. The highest BCUT2D eigenvalue weighted by Crippen LogP contribution is 1.93. The van der Waals surface area contributed by atoms with E-state index in [-0.39, 0.29) is 25.2 Å². The molecule has 6 heteroatoms. The van der Waals surface area contributed by atoms with Gasteiger partial charge >= 0.3 is 0 Å². The number of ether oxygens (including phenoxy) is 2. The molecule has 0 heterocycles. The van der Waals surface area contributed by atoms with Crippen LogP contribution in [0.5, 0.6) is 0 Å². The van der Waals surface area contributed by atoms with Crippen LogP contribution in [0.1, 0.15) is 13.8 Å². The van der Waals surface area contributed by atoms with Crippen molar-refractivity contribution in [1.82, 2.24) is 10.6 Å². The molecule has 0 aliphatic heterocycles. The van der Waals surface area contributed by atoms with Crippen molar-refractivity contribution in [3.05, 3.63) is 0 Å². The van der Waals surface area contributed by atoms with Crippen LogP contribution in [0.15, 0.2) is 0 Å². The van der Waals surface area contributed by atoms with Gasteiger partial charge in [-0.1, -0.05) is 0 Å². The Kier molecular flexibility index (Phi) is 10.0. The predicted octanol–water partition coefficient (Wildman–Crippen LogP) is -0.875. The van der Waals surface area contributed by atoms with Gasteiger partial charge in [0, 0.05) is 20.2 Å². The molecule has 0 aliphatic rings. The van der Waals surface area contributed by atoms with E-state index in [1.165, 1.54) is 0 Å². The van der Waals surface area contributed by atoms with Crippen LogP contribution >= 0.6 is 0 Å². The standard InChI is InChI=1S/C11H24N2O4/c1-4-13-11(15)6-12-5-10(14)8-17-9(2)7-16-3/h9-10,12,14H,4-8H2,1-3H3,(H,13,15). The summed E-state index contributed by atoms with van der Waals surface area (Å²) >= 11 is 0. The van der Waals surface area contributed by atoms with Gasteiger partial charge < -0.3 is 25.2 Å². The van der Waals surface area contributed by atoms with Crippen molar-refractivity contribution in [3.63, 3.8) is 0 Å². The van der Waals surface area contributed by atoms with E-state index in [4.69, 9.17) is 9.47 Å². The van der Waals surface area contributed by atoms with Crippen molar-refractivity contribution in [3.8, 4) is 0 Å². The van der Waals surface area contributed by atoms with Gasteiger partial charge in [0.25, 0.3) is 0 Å². The number of carbonyl (C=O) groups is 1. The van der Waals surface area contributed by atoms with Gasteiger partial charge in [0.1, 0.15) is 0 Å². The Morgan fingerprint density at radius 1 is 1.41 bits per heavy atom. The first kappa shape index (κ1) is 16.3. The number of aliphatic hydroxyl groups excluding tert-OH is 1. The Morgan fingerprint density at radius 3 is 2.71 bits per heavy atom. The maximum absolute atomic E-state index is 11.1. The third-order valence-electron chi connectivity index (χ3n) is 2.01. The Labute approximate surface area is 103 Å². The Bertz CT molecular complexity index is 202. The van der Waals surface area contributed by atoms with Crippen molar-refractivity contribution in [2.75, 3.05) is 40.0 Å². The molecule has 0 saturated heterocycles. The molecule has 6 nitrogen and oxygen atoms in total. The molecule has 0 spiro atoms. The number of aliphatic hydroxyl groups is 1. The van der Waals surface area contributed by atoms with E-state index in [2.05, 4.69) is 10.6 Å². The van der Waals surface area contributed by atoms with E-state index in [1.807, 2.05) is 13.8 Å². The quantitative estimate of drug-likeness (QED) is 0.468. The highest BCUT2D eigenvalue weighted by molar-refractivity contribution is 5.77. The molecule has 0 aromatic rings. The topological polar surface area (TPSA) is 79.8 Å². The van der Waals surface area contributed by atoms with Crippen LogP contribution in [-0.4, -0.2) is 63.2 Å². The normalized spacial score (nSPS) is 14.4. The number of hydrogen-bond acceptors (Lipinski definition) is 5. The Morgan fingerprint density at radius 2 is 2.12 bits per heavy atom. The first-order valence-corrected chi connectivity index (χ1v) is 5.86. The van der Waals surface area contributed by atoms with Crippen LogP contribution in [0.25, 0.3) is 0 Å². The summed E-state index contributed by atoms with van der Waals surface area (Å²) in [5.41, 5.74) is 0. The van der Waals surface area contributed by atoms with Crippen molar-refractivity contribution in [1.29, 1.82) is 0 Å². The average Bonchev–Trinajstić information content (AvgIpc) is 2.27. The molecular weight excluding hydrogens is 224 g/mol. The summed E-state index contributed by atoms with van der Waals surface area (Å²) in [4.78, 5) is 11.1. The first-order valence-electron chi connectivity index (χ1n) is 5.86. The third kappa shape index (κ3) is 10.2. The summed E-state index contributed by atoms with van der Waals surface area (Å²) in [6, 6.07) is 0. The molecule has 0 rings (SSSR count). The molecule has 17 heavy (non-hydrogen) atoms. The maximum atomic E-state index is 11.1. The van der Waals surface area contributed by atoms with E-state index < -0.39 is 6.10 Å². The summed E-state index contributed by atoms with van der Waals surface area (Å²) in [5.74, 6) is -0.0756. The van der Waals surface area contributed by atoms with Crippen LogP contribution in [0, 0.1) is 0 Å². The zero-order chi connectivity index (χ0) is 13.1. The molecule has 102 valence electrons. The van der Waals surface area contributed by atoms with E-state index >= 15 is 0 Å². The number of rotatable bonds is 10. The monoisotopic (exact) mass is 248 g/mol. The lowest BCUT2D eigenvalue weighted by Crippen LogP contribution is -2.38. The van der Waals surface area contributed by atoms with Crippen LogP contribution in [0.2, 0.25) is 0 Å². The molecule has 0 aromatic heterocycles. The minimum atomic E-state index is -0.622. The summed E-state index contributed by atoms with van der Waals surface area (Å²) in [6.45, 7) is 5.61. The van der Waals surface area contributed by atoms with Crippen molar-refractivity contribution in [2.45, 2.75) is 26.1 Å². The molecule has 3 N–H and O–H groups in total. The summed E-state index contributed by atoms with van der Waals surface area (Å²) < 4.78 is 10.2. The Balaban J connectivity index is 3.46. The smallest absolute Gasteiger partial charge is 0.233 e. The van der Waals surface area contributed by atoms with Crippen LogP contribution in [-0.2, 0) is 14.3 Å². The predicted molar refractivity (Wildman–Crippen MR) is 64.9 cm³/mol. The summed E-state index contributed by atoms with van der Waals surface area (Å²) in [7, 11) is 1.60. The number of likely N-dealkylation sites (N-methyl/N-ethyl adjacent to an activating group) is 1. The number of carbonyl (C=O) groups excluding carboxylic acids is 1. The average molecular weight is 248 g/mol. The number of methoxy groups -OCH3 is 1. The van der Waals surface area contributed by atoms with Gasteiger partial charge in [0.05, 0.1) is 32.0 Å². The molecule has 2 atom stereocenters. The lowest BCUT2D eigenvalue weighted by atomic mass is 10.3. The second-order valence-corrected chi connectivity index (χ2v) is 3.84. The molecular formula is C11H24N2O4. The Hall–Kier alpha value is -0.690. The lowest BCUT2D eigenvalue weighted by Gasteiger charge is -2.16. The van der Waals surface area contributed by atoms with Crippen LogP contribution in [0.3, 0.4) is 0 Å². The fourth-order valence-electron chi connectivity index (χ4n) is 1.23. The second-order valence-electron chi connectivity index (χ2n) is 3.84. The van der Waals surface area contributed by atoms with Gasteiger partial charge in [-0.05, 0) is 13.8 Å². The minimum Gasteiger partial charge on any atom is -0.389 e. The molecule has 0 radical (unpaired) electrons. The van der Waals surface area contributed by atoms with Gasteiger partial charge in [0.2, 0.25) is 5.91 Å². The van der Waals surface area contributed by atoms with Gasteiger partial charge in [-0.3, -0.25) is 4.79 Å². The third-order valence-corrected chi connectivity index (χ3v) is 2.01. The second kappa shape index (κ2) is 10.5. The molecule has 0 bridgehead atoms. The van der Waals surface area contributed by atoms with Crippen molar-refractivity contribution >= 4 is 5.91 Å². The molecule has 0 aromatic carbocycles. The maximum Gasteiger partial charge on any atom is 0.233 e. The van der Waals surface area contributed by atoms with E-state index in [0.29, 0.717) is 19.7 Å². The van der Waals surface area contributed by atoms with Crippen LogP contribution in [0.4, 0.5) is 0 Å². The van der Waals surface area contributed by atoms with Gasteiger partial charge in [-0.25, -0.2) is 0 Å². The largest absolute Gasteiger partial charge is 0.389 e. The summed E-state index contributed by atoms with van der Waals surface area (Å²) in [6.07, 6.45) is -0.665. The van der Waals surface area contributed by atoms with E-state index in [1.54, 1.807) is 7.11 Å². The zero-order valence-electron chi connectivity index (χ0n) is 10.9. The fraction of sp³-hybridized carbons (Fsp3) is 0.909. The molecule has 0 saturated carbocycles. The first-order chi connectivity index (χ1) is 8.10. The highest BCUT2D eigenvalue weighted by Gasteiger charge is 2.08. The highest BCUT2D eigenvalue weighted by atomic mass is 16.5. The summed E-state index contributed by atoms with van der Waals surface area (Å²) in [5, 5.41) is 15.1. The van der Waals surface area contributed by atoms with Crippen molar-refractivity contribution < 1.29 is 19.4 Å². The van der Waals surface area contributed by atoms with Crippen LogP contribution < -0.4 is 10.6 Å². The zero-order valence-corrected chi connectivity index (χ0v) is 10.9. The fourth-order valence-corrected chi connectivity index (χ4v) is 1.23. The number of amides is 1. The van der Waals surface area contributed by atoms with Gasteiger partial charge in [0.15, 0.2) is 0 Å². The SMILES string of the molecule is CCNC(=O)CNCC(O)COC(C)COC.